The SMILES string of the molecule is CCOC(=O)N1CCC(NC(=O)CN2CCN(c3ccccc3C)CC2)CC1. The number of piperazine rings is 1. The van der Waals surface area contributed by atoms with Crippen molar-refractivity contribution in [3.05, 3.63) is 29.8 Å². The minimum absolute atomic E-state index is 0.0823. The van der Waals surface area contributed by atoms with Gasteiger partial charge in [-0.1, -0.05) is 18.2 Å². The van der Waals surface area contributed by atoms with Crippen molar-refractivity contribution >= 4 is 17.7 Å². The lowest BCUT2D eigenvalue weighted by Gasteiger charge is -2.37. The molecule has 0 saturated carbocycles. The maximum atomic E-state index is 12.4. The molecule has 1 aromatic carbocycles. The first-order chi connectivity index (χ1) is 13.6. The first kappa shape index (κ1) is 20.5. The molecule has 7 nitrogen and oxygen atoms in total. The van der Waals surface area contributed by atoms with Crippen LogP contribution >= 0.6 is 0 Å². The van der Waals surface area contributed by atoms with Gasteiger partial charge in [0.05, 0.1) is 13.2 Å². The predicted molar refractivity (Wildman–Crippen MR) is 110 cm³/mol. The van der Waals surface area contributed by atoms with E-state index in [0.717, 1.165) is 39.0 Å². The van der Waals surface area contributed by atoms with E-state index in [4.69, 9.17) is 4.74 Å². The van der Waals surface area contributed by atoms with Crippen LogP contribution in [-0.2, 0) is 9.53 Å². The number of likely N-dealkylation sites (tertiary alicyclic amines) is 1. The van der Waals surface area contributed by atoms with Crippen LogP contribution in [0, 0.1) is 6.92 Å². The van der Waals surface area contributed by atoms with E-state index in [1.54, 1.807) is 4.90 Å². The molecule has 2 heterocycles. The van der Waals surface area contributed by atoms with Gasteiger partial charge in [0, 0.05) is 51.0 Å². The van der Waals surface area contributed by atoms with E-state index in [-0.39, 0.29) is 18.0 Å². The lowest BCUT2D eigenvalue weighted by molar-refractivity contribution is -0.123. The van der Waals surface area contributed by atoms with Gasteiger partial charge >= 0.3 is 6.09 Å². The second kappa shape index (κ2) is 9.78. The van der Waals surface area contributed by atoms with Crippen LogP contribution < -0.4 is 10.2 Å². The standard InChI is InChI=1S/C21H32N4O3/c1-3-28-21(27)25-10-8-18(9-11-25)22-20(26)16-23-12-14-24(15-13-23)19-7-5-4-6-17(19)2/h4-7,18H,3,8-16H2,1-2H3,(H,22,26). The van der Waals surface area contributed by atoms with Crippen LogP contribution in [0.1, 0.15) is 25.3 Å². The Balaban J connectivity index is 1.37. The lowest BCUT2D eigenvalue weighted by Crippen LogP contribution is -2.52. The molecule has 154 valence electrons. The molecule has 0 aliphatic carbocycles. The largest absolute Gasteiger partial charge is 0.450 e. The van der Waals surface area contributed by atoms with Crippen LogP contribution in [0.25, 0.3) is 0 Å². The summed E-state index contributed by atoms with van der Waals surface area (Å²) in [6.45, 7) is 9.73. The van der Waals surface area contributed by atoms with Crippen LogP contribution in [0.3, 0.4) is 0 Å². The maximum Gasteiger partial charge on any atom is 0.409 e. The summed E-state index contributed by atoms with van der Waals surface area (Å²) in [5, 5.41) is 3.14. The number of carbonyl (C=O) groups is 2. The molecule has 2 amide bonds. The molecule has 0 aromatic heterocycles. The lowest BCUT2D eigenvalue weighted by atomic mass is 10.1. The molecule has 3 rings (SSSR count). The summed E-state index contributed by atoms with van der Waals surface area (Å²) in [6.07, 6.45) is 1.32. The van der Waals surface area contributed by atoms with Gasteiger partial charge in [-0.25, -0.2) is 4.79 Å². The first-order valence-corrected chi connectivity index (χ1v) is 10.3. The van der Waals surface area contributed by atoms with Crippen molar-refractivity contribution in [1.82, 2.24) is 15.1 Å². The molecule has 7 heteroatoms. The van der Waals surface area contributed by atoms with E-state index in [1.165, 1.54) is 11.3 Å². The van der Waals surface area contributed by atoms with Gasteiger partial charge in [-0.2, -0.15) is 0 Å². The minimum atomic E-state index is -0.251. The zero-order valence-electron chi connectivity index (χ0n) is 17.0. The van der Waals surface area contributed by atoms with E-state index >= 15 is 0 Å². The number of amides is 2. The van der Waals surface area contributed by atoms with E-state index in [1.807, 2.05) is 6.92 Å². The molecule has 1 aromatic rings. The molecule has 0 spiro atoms. The highest BCUT2D eigenvalue weighted by atomic mass is 16.6. The van der Waals surface area contributed by atoms with Gasteiger partial charge in [0.2, 0.25) is 5.91 Å². The number of nitrogens with one attached hydrogen (secondary N) is 1. The number of nitrogens with zero attached hydrogens (tertiary/aromatic N) is 3. The van der Waals surface area contributed by atoms with Crippen LogP contribution in [0.5, 0.6) is 0 Å². The minimum Gasteiger partial charge on any atom is -0.450 e. The average molecular weight is 389 g/mol. The zero-order valence-corrected chi connectivity index (χ0v) is 17.0. The fraction of sp³-hybridized carbons (Fsp3) is 0.619. The number of para-hydroxylation sites is 1. The molecule has 2 fully saturated rings. The summed E-state index contributed by atoms with van der Waals surface area (Å²) in [5.74, 6) is 0.0823. The summed E-state index contributed by atoms with van der Waals surface area (Å²) >= 11 is 0. The van der Waals surface area contributed by atoms with Crippen molar-refractivity contribution in [2.24, 2.45) is 0 Å². The van der Waals surface area contributed by atoms with Gasteiger partial charge in [0.25, 0.3) is 0 Å². The van der Waals surface area contributed by atoms with Crippen molar-refractivity contribution in [3.8, 4) is 0 Å². The van der Waals surface area contributed by atoms with Crippen LogP contribution in [0.4, 0.5) is 10.5 Å². The molecule has 28 heavy (non-hydrogen) atoms. The summed E-state index contributed by atoms with van der Waals surface area (Å²) in [7, 11) is 0. The third-order valence-corrected chi connectivity index (χ3v) is 5.58. The molecule has 0 bridgehead atoms. The van der Waals surface area contributed by atoms with Gasteiger partial charge in [-0.3, -0.25) is 9.69 Å². The Hall–Kier alpha value is -2.28. The maximum absolute atomic E-state index is 12.4. The number of piperidine rings is 1. The Morgan fingerprint density at radius 2 is 1.75 bits per heavy atom. The summed E-state index contributed by atoms with van der Waals surface area (Å²) in [4.78, 5) is 30.5. The normalized spacial score (nSPS) is 18.8. The van der Waals surface area contributed by atoms with Gasteiger partial charge in [0.15, 0.2) is 0 Å². The van der Waals surface area contributed by atoms with E-state index in [0.29, 0.717) is 26.2 Å². The summed E-state index contributed by atoms with van der Waals surface area (Å²) in [6, 6.07) is 8.60. The molecule has 0 atom stereocenters. The molecule has 2 aliphatic rings. The Morgan fingerprint density at radius 1 is 1.07 bits per heavy atom. The quantitative estimate of drug-likeness (QED) is 0.834. The first-order valence-electron chi connectivity index (χ1n) is 10.3. The Labute approximate surface area is 167 Å². The highest BCUT2D eigenvalue weighted by Gasteiger charge is 2.26. The fourth-order valence-corrected chi connectivity index (χ4v) is 3.96. The number of aryl methyl sites for hydroxylation is 1. The average Bonchev–Trinajstić information content (AvgIpc) is 2.70. The number of hydrogen-bond acceptors (Lipinski definition) is 5. The highest BCUT2D eigenvalue weighted by molar-refractivity contribution is 5.78. The van der Waals surface area contributed by atoms with Gasteiger partial charge in [-0.15, -0.1) is 0 Å². The molecule has 1 N–H and O–H groups in total. The number of anilines is 1. The Morgan fingerprint density at radius 3 is 2.39 bits per heavy atom. The van der Waals surface area contributed by atoms with Crippen molar-refractivity contribution < 1.29 is 14.3 Å². The molecule has 2 saturated heterocycles. The van der Waals surface area contributed by atoms with E-state index in [9.17, 15) is 9.59 Å². The molecule has 0 radical (unpaired) electrons. The Kier molecular flexibility index (Phi) is 7.14. The number of carbonyl (C=O) groups excluding carboxylic acids is 2. The zero-order chi connectivity index (χ0) is 19.9. The van der Waals surface area contributed by atoms with Crippen LogP contribution in [0.2, 0.25) is 0 Å². The number of benzene rings is 1. The number of rotatable bonds is 5. The van der Waals surface area contributed by atoms with Gasteiger partial charge < -0.3 is 19.9 Å². The summed E-state index contributed by atoms with van der Waals surface area (Å²) in [5.41, 5.74) is 2.59. The van der Waals surface area contributed by atoms with Crippen LogP contribution in [-0.4, -0.2) is 80.3 Å². The predicted octanol–water partition coefficient (Wildman–Crippen LogP) is 1.85. The molecule has 2 aliphatic heterocycles. The highest BCUT2D eigenvalue weighted by Crippen LogP contribution is 2.20. The van der Waals surface area contributed by atoms with Crippen molar-refractivity contribution in [1.29, 1.82) is 0 Å². The second-order valence-corrected chi connectivity index (χ2v) is 7.58. The third-order valence-electron chi connectivity index (χ3n) is 5.58. The monoisotopic (exact) mass is 388 g/mol. The molecular weight excluding hydrogens is 356 g/mol. The van der Waals surface area contributed by atoms with Crippen molar-refractivity contribution in [3.63, 3.8) is 0 Å². The van der Waals surface area contributed by atoms with Gasteiger partial charge in [-0.05, 0) is 38.3 Å². The molecule has 0 unspecified atom stereocenters. The Bertz CT molecular complexity index is 665. The fourth-order valence-electron chi connectivity index (χ4n) is 3.96. The van der Waals surface area contributed by atoms with Crippen LogP contribution in [0.15, 0.2) is 24.3 Å². The molecular formula is C21H32N4O3. The van der Waals surface area contributed by atoms with E-state index in [2.05, 4.69) is 46.3 Å². The smallest absolute Gasteiger partial charge is 0.409 e. The third kappa shape index (κ3) is 5.38. The number of ether oxygens (including phenoxy) is 1. The van der Waals surface area contributed by atoms with Crippen molar-refractivity contribution in [2.45, 2.75) is 32.7 Å². The number of hydrogen-bond donors (Lipinski definition) is 1. The van der Waals surface area contributed by atoms with Gasteiger partial charge in [0.1, 0.15) is 0 Å². The summed E-state index contributed by atoms with van der Waals surface area (Å²) < 4.78 is 5.04. The van der Waals surface area contributed by atoms with E-state index < -0.39 is 0 Å². The second-order valence-electron chi connectivity index (χ2n) is 7.58. The topological polar surface area (TPSA) is 65.1 Å². The van der Waals surface area contributed by atoms with Crippen molar-refractivity contribution in [2.75, 3.05) is 57.3 Å².